The number of carbonyl (C=O) groups excluding carboxylic acids is 3. The van der Waals surface area contributed by atoms with Crippen molar-refractivity contribution < 1.29 is 14.4 Å². The molecule has 8 heteroatoms. The number of imide groups is 1. The van der Waals surface area contributed by atoms with Crippen LogP contribution in [0.25, 0.3) is 0 Å². The van der Waals surface area contributed by atoms with Gasteiger partial charge in [-0.05, 0) is 43.7 Å². The monoisotopic (exact) mass is 429 g/mol. The summed E-state index contributed by atoms with van der Waals surface area (Å²) >= 11 is 11.9. The Morgan fingerprint density at radius 3 is 2.07 bits per heavy atom. The first-order valence-electron chi connectivity index (χ1n) is 8.93. The van der Waals surface area contributed by atoms with Crippen LogP contribution in [0.4, 0.5) is 0 Å². The standard InChI is InChI=1S/C21H17Cl2N3O3/c1-3-25(12(2)14-6-4-13(10-24)5-7-14)19(27)11-26-20(28)15-8-17(22)18(23)9-16(15)21(26)29/h4-9,12H,3,11H2,1-2H3. The second-order valence-electron chi connectivity index (χ2n) is 6.60. The largest absolute Gasteiger partial charge is 0.335 e. The van der Waals surface area contributed by atoms with Crippen molar-refractivity contribution in [1.29, 1.82) is 5.26 Å². The lowest BCUT2D eigenvalue weighted by molar-refractivity contribution is -0.133. The molecular weight excluding hydrogens is 413 g/mol. The summed E-state index contributed by atoms with van der Waals surface area (Å²) in [6.07, 6.45) is 0. The number of rotatable bonds is 5. The van der Waals surface area contributed by atoms with Gasteiger partial charge in [0.15, 0.2) is 0 Å². The number of hydrogen-bond acceptors (Lipinski definition) is 4. The number of benzene rings is 2. The van der Waals surface area contributed by atoms with Gasteiger partial charge in [0.2, 0.25) is 5.91 Å². The molecule has 0 spiro atoms. The van der Waals surface area contributed by atoms with E-state index in [-0.39, 0.29) is 39.7 Å². The third kappa shape index (κ3) is 3.84. The van der Waals surface area contributed by atoms with Crippen LogP contribution in [0.2, 0.25) is 10.0 Å². The Kier molecular flexibility index (Phi) is 5.92. The average molecular weight is 430 g/mol. The fourth-order valence-electron chi connectivity index (χ4n) is 3.34. The second-order valence-corrected chi connectivity index (χ2v) is 7.41. The topological polar surface area (TPSA) is 81.5 Å². The van der Waals surface area contributed by atoms with Gasteiger partial charge in [-0.1, -0.05) is 35.3 Å². The lowest BCUT2D eigenvalue weighted by atomic mass is 10.0. The van der Waals surface area contributed by atoms with Crippen molar-refractivity contribution in [1.82, 2.24) is 9.80 Å². The summed E-state index contributed by atoms with van der Waals surface area (Å²) in [5.41, 5.74) is 1.65. The number of halogens is 2. The molecule has 2 aromatic carbocycles. The van der Waals surface area contributed by atoms with Crippen LogP contribution in [0.5, 0.6) is 0 Å². The lowest BCUT2D eigenvalue weighted by Crippen LogP contribution is -2.43. The van der Waals surface area contributed by atoms with Gasteiger partial charge in [-0.15, -0.1) is 0 Å². The highest BCUT2D eigenvalue weighted by atomic mass is 35.5. The number of nitriles is 1. The molecule has 0 N–H and O–H groups in total. The number of fused-ring (bicyclic) bond motifs is 1. The SMILES string of the molecule is CCN(C(=O)CN1C(=O)c2cc(Cl)c(Cl)cc2C1=O)C(C)c1ccc(C#N)cc1. The Bertz CT molecular complexity index is 1000. The molecule has 3 rings (SSSR count). The molecule has 1 atom stereocenters. The third-order valence-corrected chi connectivity index (χ3v) is 5.68. The van der Waals surface area contributed by atoms with Gasteiger partial charge in [0.1, 0.15) is 6.54 Å². The number of hydrogen-bond donors (Lipinski definition) is 0. The lowest BCUT2D eigenvalue weighted by Gasteiger charge is -2.30. The fourth-order valence-corrected chi connectivity index (χ4v) is 3.66. The number of likely N-dealkylation sites (N-methyl/N-ethyl adjacent to an activating group) is 1. The minimum Gasteiger partial charge on any atom is -0.335 e. The van der Waals surface area contributed by atoms with Crippen molar-refractivity contribution in [2.45, 2.75) is 19.9 Å². The molecule has 148 valence electrons. The van der Waals surface area contributed by atoms with Gasteiger partial charge >= 0.3 is 0 Å². The molecule has 2 aromatic rings. The summed E-state index contributed by atoms with van der Waals surface area (Å²) in [5.74, 6) is -1.51. The normalized spacial score (nSPS) is 13.8. The van der Waals surface area contributed by atoms with E-state index in [1.165, 1.54) is 12.1 Å². The van der Waals surface area contributed by atoms with Crippen molar-refractivity contribution in [2.75, 3.05) is 13.1 Å². The van der Waals surface area contributed by atoms with Gasteiger partial charge < -0.3 is 4.90 Å². The minimum absolute atomic E-state index is 0.139. The Labute approximate surface area is 178 Å². The van der Waals surface area contributed by atoms with Crippen LogP contribution in [-0.2, 0) is 4.79 Å². The van der Waals surface area contributed by atoms with Crippen LogP contribution in [0, 0.1) is 11.3 Å². The maximum Gasteiger partial charge on any atom is 0.262 e. The first-order valence-corrected chi connectivity index (χ1v) is 9.68. The molecule has 29 heavy (non-hydrogen) atoms. The molecule has 1 unspecified atom stereocenters. The molecule has 1 aliphatic heterocycles. The van der Waals surface area contributed by atoms with Gasteiger partial charge in [-0.2, -0.15) is 5.26 Å². The van der Waals surface area contributed by atoms with E-state index in [4.69, 9.17) is 28.5 Å². The van der Waals surface area contributed by atoms with E-state index in [1.807, 2.05) is 13.8 Å². The summed E-state index contributed by atoms with van der Waals surface area (Å²) in [6, 6.07) is 11.4. The van der Waals surface area contributed by atoms with Crippen molar-refractivity contribution in [3.05, 3.63) is 68.7 Å². The van der Waals surface area contributed by atoms with Crippen LogP contribution in [0.3, 0.4) is 0 Å². The molecule has 3 amide bonds. The van der Waals surface area contributed by atoms with E-state index in [1.54, 1.807) is 29.2 Å². The smallest absolute Gasteiger partial charge is 0.262 e. The highest BCUT2D eigenvalue weighted by molar-refractivity contribution is 6.43. The maximum absolute atomic E-state index is 12.9. The predicted molar refractivity (Wildman–Crippen MR) is 109 cm³/mol. The summed E-state index contributed by atoms with van der Waals surface area (Å²) in [7, 11) is 0. The van der Waals surface area contributed by atoms with Crippen LogP contribution in [-0.4, -0.2) is 40.6 Å². The average Bonchev–Trinajstić information content (AvgIpc) is 2.93. The second kappa shape index (κ2) is 8.24. The molecular formula is C21H17Cl2N3O3. The zero-order valence-corrected chi connectivity index (χ0v) is 17.3. The summed E-state index contributed by atoms with van der Waals surface area (Å²) in [6.45, 7) is 3.68. The highest BCUT2D eigenvalue weighted by Crippen LogP contribution is 2.31. The molecule has 0 saturated carbocycles. The minimum atomic E-state index is -0.570. The fraction of sp³-hybridized carbons (Fsp3) is 0.238. The van der Waals surface area contributed by atoms with Gasteiger partial charge in [0.25, 0.3) is 11.8 Å². The quantitative estimate of drug-likeness (QED) is 0.670. The Morgan fingerprint density at radius 1 is 1.10 bits per heavy atom. The maximum atomic E-state index is 12.9. The van der Waals surface area contributed by atoms with Gasteiger partial charge in [-0.25, -0.2) is 0 Å². The molecule has 0 radical (unpaired) electrons. The number of nitrogens with zero attached hydrogens (tertiary/aromatic N) is 3. The molecule has 0 aliphatic carbocycles. The van der Waals surface area contributed by atoms with Crippen LogP contribution < -0.4 is 0 Å². The summed E-state index contributed by atoms with van der Waals surface area (Å²) < 4.78 is 0. The zero-order chi connectivity index (χ0) is 21.3. The number of carbonyl (C=O) groups is 3. The highest BCUT2D eigenvalue weighted by Gasteiger charge is 2.38. The Morgan fingerprint density at radius 2 is 1.62 bits per heavy atom. The van der Waals surface area contributed by atoms with Crippen molar-refractivity contribution in [3.63, 3.8) is 0 Å². The zero-order valence-electron chi connectivity index (χ0n) is 15.8. The van der Waals surface area contributed by atoms with Crippen LogP contribution in [0.1, 0.15) is 51.7 Å². The van der Waals surface area contributed by atoms with Crippen LogP contribution in [0.15, 0.2) is 36.4 Å². The van der Waals surface area contributed by atoms with Crippen molar-refractivity contribution >= 4 is 40.9 Å². The molecule has 0 aromatic heterocycles. The summed E-state index contributed by atoms with van der Waals surface area (Å²) in [5, 5.41) is 9.27. The molecule has 1 heterocycles. The Hall–Kier alpha value is -2.88. The van der Waals surface area contributed by atoms with Crippen molar-refractivity contribution in [3.8, 4) is 6.07 Å². The molecule has 6 nitrogen and oxygen atoms in total. The van der Waals surface area contributed by atoms with Gasteiger partial charge in [-0.3, -0.25) is 19.3 Å². The van der Waals surface area contributed by atoms with E-state index >= 15 is 0 Å². The Balaban J connectivity index is 1.80. The first-order chi connectivity index (χ1) is 13.8. The van der Waals surface area contributed by atoms with E-state index < -0.39 is 11.8 Å². The predicted octanol–water partition coefficient (Wildman–Crippen LogP) is 4.07. The van der Waals surface area contributed by atoms with E-state index in [0.717, 1.165) is 10.5 Å². The van der Waals surface area contributed by atoms with Crippen LogP contribution >= 0.6 is 23.2 Å². The molecule has 0 fully saturated rings. The third-order valence-electron chi connectivity index (χ3n) is 4.96. The van der Waals surface area contributed by atoms with Crippen molar-refractivity contribution in [2.24, 2.45) is 0 Å². The summed E-state index contributed by atoms with van der Waals surface area (Å²) in [4.78, 5) is 40.7. The van der Waals surface area contributed by atoms with Gasteiger partial charge in [0, 0.05) is 6.54 Å². The first kappa shape index (κ1) is 20.8. The molecule has 1 aliphatic rings. The number of amides is 3. The van der Waals surface area contributed by atoms with E-state index in [2.05, 4.69) is 6.07 Å². The van der Waals surface area contributed by atoms with E-state index in [0.29, 0.717) is 12.1 Å². The van der Waals surface area contributed by atoms with E-state index in [9.17, 15) is 14.4 Å². The molecule has 0 saturated heterocycles. The molecule has 0 bridgehead atoms. The van der Waals surface area contributed by atoms with Gasteiger partial charge in [0.05, 0.1) is 38.8 Å².